The average Bonchev–Trinajstić information content (AvgIpc) is 1.50. The van der Waals surface area contributed by atoms with Gasteiger partial charge < -0.3 is 24.1 Å². The van der Waals surface area contributed by atoms with Crippen molar-refractivity contribution in [3.8, 4) is 108 Å². The molecule has 3 aliphatic carbocycles. The predicted octanol–water partition coefficient (Wildman–Crippen LogP) is 28.8. The standard InChI is InChI=1S/C52H37N.C48H34N2.C18N12/c1-51(2)42-24-11-6-20-37(42)40-32-31-35(33-47(40)51)53(48-29-15-10-19-36(48)34-17-4-3-5-18-34)49-30-16-28-46-50(49)41-23-9-14-27-45(41)52(46)43-25-12-7-21-38(43)39-22-8-13-26-44(39)52;1-4-12-35(13-5-1)37-20-27-42(28-21-37)49(43-29-22-38(23-30-43)36-14-6-2-7-15-36)44-31-24-39(25-32-44)40-26-33-48-46(34-40)45-18-10-11-19-47(45)50(48)41-16-8-3-9-17-41;1-23-17-18(24-2)30-16-14-12(26-8(4-20)10(6-22)28-14)11-13(15(16)29-17)27-9(5-21)7(3-19)25-11/h3-33H,1-2H3;1-34H;. The normalized spacial score (nSPS) is 12.2. The SMILES string of the molecule is CC1(C)c2ccccc2-c2ccc(N(c3ccccc3-c3ccccc3)c3cccc4c3-c3ccccc3C43c4ccccc4-c4ccccc43)cc21.[C-]#[N+]c1nc2c3nc(C#N)c(C#N)nc3c3nc(C#N)c(C#N)nc3c2nc1[N+]#[C-].c1ccc(-c2ccc(N(c3ccc(-c4ccccc4)cc3)c3ccc(-c4ccc5c(c4)c4ccccc4n5-c4ccccc4)cc3)cc2)cc1. The van der Waals surface area contributed by atoms with Gasteiger partial charge in [-0.15, -0.1) is 9.97 Å². The molecule has 0 bridgehead atoms. The molecule has 0 aliphatic heterocycles. The number of benzene rings is 17. The first-order chi connectivity index (χ1) is 65.5. The molecule has 15 heteroatoms. The summed E-state index contributed by atoms with van der Waals surface area (Å²) in [7, 11) is 0. The van der Waals surface area contributed by atoms with E-state index in [0.717, 1.165) is 28.4 Å². The molecule has 24 rings (SSSR count). The monoisotopic (exact) mass is 1700 g/mol. The molecule has 0 fully saturated rings. The minimum Gasteiger partial charge on any atom is -0.370 e. The van der Waals surface area contributed by atoms with E-state index in [-0.39, 0.29) is 72.9 Å². The van der Waals surface area contributed by atoms with Gasteiger partial charge in [0.15, 0.2) is 22.8 Å². The number of aromatic nitrogens is 7. The second-order valence-electron chi connectivity index (χ2n) is 33.3. The third-order valence-corrected chi connectivity index (χ3v) is 25.9. The molecule has 17 aromatic carbocycles. The van der Waals surface area contributed by atoms with Gasteiger partial charge in [0.25, 0.3) is 11.6 Å². The molecule has 0 saturated carbocycles. The second-order valence-corrected chi connectivity index (χ2v) is 33.3. The van der Waals surface area contributed by atoms with Crippen LogP contribution in [0.25, 0.3) is 148 Å². The molecular weight excluding hydrogens is 1630 g/mol. The number of fused-ring (bicyclic) bond motifs is 22. The summed E-state index contributed by atoms with van der Waals surface area (Å²) < 4.78 is 2.36. The Hall–Kier alpha value is -18.9. The number of hydrogen-bond donors (Lipinski definition) is 0. The maximum atomic E-state index is 9.29. The number of nitrogens with zero attached hydrogens (tertiary/aromatic N) is 15. The minimum atomic E-state index is -0.415. The Balaban J connectivity index is 0.000000121. The summed E-state index contributed by atoms with van der Waals surface area (Å²) in [4.78, 5) is 36.0. The molecule has 0 unspecified atom stereocenters. The van der Waals surface area contributed by atoms with Crippen LogP contribution >= 0.6 is 0 Å². The number of anilines is 6. The Morgan fingerprint density at radius 1 is 0.271 bits per heavy atom. The summed E-state index contributed by atoms with van der Waals surface area (Å²) in [5, 5.41) is 39.7. The quantitative estimate of drug-likeness (QED) is 0.0880. The smallest absolute Gasteiger partial charge is 0.294 e. The van der Waals surface area contributed by atoms with Crippen molar-refractivity contribution >= 4 is 101 Å². The van der Waals surface area contributed by atoms with Crippen molar-refractivity contribution in [3.05, 3.63) is 473 Å². The molecule has 1 spiro atoms. The molecule has 0 N–H and O–H groups in total. The zero-order valence-electron chi connectivity index (χ0n) is 71.7. The molecular formula is C118H71N15. The van der Waals surface area contributed by atoms with Crippen molar-refractivity contribution in [1.29, 1.82) is 21.0 Å². The van der Waals surface area contributed by atoms with Crippen LogP contribution in [0.5, 0.6) is 0 Å². The fourth-order valence-electron chi connectivity index (χ4n) is 19.9. The molecule has 0 saturated heterocycles. The predicted molar refractivity (Wildman–Crippen MR) is 529 cm³/mol. The van der Waals surface area contributed by atoms with E-state index in [2.05, 4.69) is 462 Å². The Kier molecular flexibility index (Phi) is 19.7. The van der Waals surface area contributed by atoms with E-state index in [0.29, 0.717) is 0 Å². The van der Waals surface area contributed by atoms with E-state index >= 15 is 0 Å². The van der Waals surface area contributed by atoms with Crippen LogP contribution in [0.3, 0.4) is 0 Å². The van der Waals surface area contributed by atoms with E-state index in [9.17, 15) is 21.0 Å². The topological polar surface area (TPSA) is 193 Å². The van der Waals surface area contributed by atoms with Gasteiger partial charge in [0.1, 0.15) is 46.3 Å². The van der Waals surface area contributed by atoms with E-state index in [1.165, 1.54) is 144 Å². The van der Waals surface area contributed by atoms with Gasteiger partial charge in [-0.3, -0.25) is 0 Å². The highest BCUT2D eigenvalue weighted by molar-refractivity contribution is 6.19. The van der Waals surface area contributed by atoms with Gasteiger partial charge in [-0.2, -0.15) is 21.0 Å². The van der Waals surface area contributed by atoms with Crippen LogP contribution in [0.2, 0.25) is 0 Å². The summed E-state index contributed by atoms with van der Waals surface area (Å²) in [6, 6.07) is 151. The molecule has 133 heavy (non-hydrogen) atoms. The minimum absolute atomic E-state index is 0.00714. The number of hydrogen-bond acceptors (Lipinski definition) is 12. The lowest BCUT2D eigenvalue weighted by atomic mass is 9.70. The van der Waals surface area contributed by atoms with Gasteiger partial charge >= 0.3 is 0 Å². The number of rotatable bonds is 11. The van der Waals surface area contributed by atoms with Gasteiger partial charge in [0.2, 0.25) is 11.0 Å². The van der Waals surface area contributed by atoms with Crippen molar-refractivity contribution in [2.24, 2.45) is 0 Å². The first kappa shape index (κ1) is 80.0. The van der Waals surface area contributed by atoms with Crippen LogP contribution in [0, 0.1) is 58.5 Å². The fraction of sp³-hybridized carbons (Fsp3) is 0.0339. The third-order valence-electron chi connectivity index (χ3n) is 25.9. The van der Waals surface area contributed by atoms with Gasteiger partial charge in [-0.1, -0.05) is 330 Å². The van der Waals surface area contributed by atoms with Crippen molar-refractivity contribution in [2.75, 3.05) is 9.80 Å². The third kappa shape index (κ3) is 13.2. The molecule has 15 nitrogen and oxygen atoms in total. The highest BCUT2D eigenvalue weighted by atomic mass is 15.2. The molecule has 0 atom stereocenters. The van der Waals surface area contributed by atoms with Crippen LogP contribution < -0.4 is 9.80 Å². The number of nitriles is 4. The Morgan fingerprint density at radius 2 is 0.624 bits per heavy atom. The van der Waals surface area contributed by atoms with Gasteiger partial charge in [0, 0.05) is 55.8 Å². The molecule has 618 valence electrons. The molecule has 21 aromatic rings. The second kappa shape index (κ2) is 32.8. The van der Waals surface area contributed by atoms with Crippen molar-refractivity contribution in [1.82, 2.24) is 34.5 Å². The Morgan fingerprint density at radius 3 is 1.12 bits per heavy atom. The van der Waals surface area contributed by atoms with Crippen LogP contribution in [0.4, 0.5) is 45.8 Å². The Bertz CT molecular complexity index is 8120. The average molecular weight is 1700 g/mol. The zero-order valence-corrected chi connectivity index (χ0v) is 71.7. The first-order valence-corrected chi connectivity index (χ1v) is 43.5. The Labute approximate surface area is 766 Å². The molecule has 4 heterocycles. The van der Waals surface area contributed by atoms with Crippen molar-refractivity contribution < 1.29 is 0 Å². The highest BCUT2D eigenvalue weighted by Crippen LogP contribution is 2.65. The summed E-state index contributed by atoms with van der Waals surface area (Å²) >= 11 is 0. The van der Waals surface area contributed by atoms with E-state index in [4.69, 9.17) is 13.1 Å². The first-order valence-electron chi connectivity index (χ1n) is 43.5. The highest BCUT2D eigenvalue weighted by Gasteiger charge is 2.53. The van der Waals surface area contributed by atoms with Crippen LogP contribution in [0.15, 0.2) is 394 Å². The van der Waals surface area contributed by atoms with Crippen LogP contribution in [-0.4, -0.2) is 34.5 Å². The van der Waals surface area contributed by atoms with Crippen molar-refractivity contribution in [3.63, 3.8) is 0 Å². The maximum absolute atomic E-state index is 9.29. The van der Waals surface area contributed by atoms with Gasteiger partial charge in [0.05, 0.1) is 27.8 Å². The maximum Gasteiger partial charge on any atom is 0.294 e. The van der Waals surface area contributed by atoms with Crippen molar-refractivity contribution in [2.45, 2.75) is 24.7 Å². The zero-order chi connectivity index (χ0) is 90.0. The van der Waals surface area contributed by atoms with Crippen LogP contribution in [-0.2, 0) is 10.8 Å². The van der Waals surface area contributed by atoms with E-state index in [1.54, 1.807) is 24.3 Å². The molecule has 4 aromatic heterocycles. The van der Waals surface area contributed by atoms with E-state index < -0.39 is 5.41 Å². The molecule has 0 radical (unpaired) electrons. The number of para-hydroxylation sites is 3. The summed E-state index contributed by atoms with van der Waals surface area (Å²) in [6.45, 7) is 19.2. The largest absolute Gasteiger partial charge is 0.370 e. The van der Waals surface area contributed by atoms with Crippen LogP contribution in [0.1, 0.15) is 70.0 Å². The summed E-state index contributed by atoms with van der Waals surface area (Å²) in [6.07, 6.45) is 0. The lowest BCUT2D eigenvalue weighted by molar-refractivity contribution is 0.660. The fourth-order valence-corrected chi connectivity index (χ4v) is 19.9. The lowest BCUT2D eigenvalue weighted by Crippen LogP contribution is -2.26. The molecule has 0 amide bonds. The van der Waals surface area contributed by atoms with Gasteiger partial charge in [-0.05, 0) is 191 Å². The van der Waals surface area contributed by atoms with E-state index in [1.807, 2.05) is 0 Å². The summed E-state index contributed by atoms with van der Waals surface area (Å²) in [5.41, 5.74) is 34.4. The molecule has 3 aliphatic rings. The summed E-state index contributed by atoms with van der Waals surface area (Å²) in [5.74, 6) is -0.602. The van der Waals surface area contributed by atoms with Gasteiger partial charge in [-0.25, -0.2) is 19.9 Å². The lowest BCUT2D eigenvalue weighted by Gasteiger charge is -2.33.